The summed E-state index contributed by atoms with van der Waals surface area (Å²) in [6, 6.07) is 2.33. The third-order valence-electron chi connectivity index (χ3n) is 3.28. The third-order valence-corrected chi connectivity index (χ3v) is 3.28. The van der Waals surface area contributed by atoms with Crippen molar-refractivity contribution in [3.8, 4) is 6.07 Å². The van der Waals surface area contributed by atoms with Gasteiger partial charge in [-0.25, -0.2) is 0 Å². The quantitative estimate of drug-likeness (QED) is 0.692. The fourth-order valence-corrected chi connectivity index (χ4v) is 1.77. The lowest BCUT2D eigenvalue weighted by molar-refractivity contribution is 0.298. The fourth-order valence-electron chi connectivity index (χ4n) is 1.77. The minimum atomic E-state index is -0.347. The molecule has 1 unspecified atom stereocenters. The van der Waals surface area contributed by atoms with Gasteiger partial charge in [0, 0.05) is 6.54 Å². The van der Waals surface area contributed by atoms with E-state index >= 15 is 0 Å². The van der Waals surface area contributed by atoms with E-state index in [0.29, 0.717) is 0 Å². The van der Waals surface area contributed by atoms with E-state index < -0.39 is 0 Å². The monoisotopic (exact) mass is 209 g/mol. The SMILES string of the molecule is CNC(C)(C#N)CCCN(C)CC1CC1. The Kier molecular flexibility index (Phi) is 4.56. The first-order valence-electron chi connectivity index (χ1n) is 5.88. The number of hydrogen-bond donors (Lipinski definition) is 1. The Morgan fingerprint density at radius 1 is 1.53 bits per heavy atom. The van der Waals surface area contributed by atoms with E-state index in [1.807, 2.05) is 14.0 Å². The highest BCUT2D eigenvalue weighted by molar-refractivity contribution is 5.02. The van der Waals surface area contributed by atoms with Crippen molar-refractivity contribution in [3.63, 3.8) is 0 Å². The van der Waals surface area contributed by atoms with Crippen LogP contribution in [0.3, 0.4) is 0 Å². The summed E-state index contributed by atoms with van der Waals surface area (Å²) in [5.74, 6) is 0.960. The van der Waals surface area contributed by atoms with E-state index in [4.69, 9.17) is 5.26 Å². The minimum Gasteiger partial charge on any atom is -0.306 e. The van der Waals surface area contributed by atoms with Crippen LogP contribution in [0.5, 0.6) is 0 Å². The van der Waals surface area contributed by atoms with Crippen molar-refractivity contribution in [1.82, 2.24) is 10.2 Å². The number of hydrogen-bond acceptors (Lipinski definition) is 3. The summed E-state index contributed by atoms with van der Waals surface area (Å²) in [6.45, 7) is 4.31. The summed E-state index contributed by atoms with van der Waals surface area (Å²) in [4.78, 5) is 2.39. The van der Waals surface area contributed by atoms with Crippen LogP contribution in [0.25, 0.3) is 0 Å². The molecule has 1 fully saturated rings. The first-order valence-corrected chi connectivity index (χ1v) is 5.88. The highest BCUT2D eigenvalue weighted by Crippen LogP contribution is 2.29. The van der Waals surface area contributed by atoms with Crippen molar-refractivity contribution >= 4 is 0 Å². The third kappa shape index (κ3) is 4.63. The van der Waals surface area contributed by atoms with Crippen LogP contribution in [0.4, 0.5) is 0 Å². The molecule has 3 heteroatoms. The normalized spacial score (nSPS) is 19.9. The second-order valence-electron chi connectivity index (χ2n) is 5.00. The van der Waals surface area contributed by atoms with Gasteiger partial charge in [-0.3, -0.25) is 0 Å². The number of nitrogens with zero attached hydrogens (tertiary/aromatic N) is 2. The first kappa shape index (κ1) is 12.5. The van der Waals surface area contributed by atoms with Crippen molar-refractivity contribution in [2.75, 3.05) is 27.2 Å². The molecule has 1 N–H and O–H groups in total. The van der Waals surface area contributed by atoms with E-state index in [1.165, 1.54) is 19.4 Å². The van der Waals surface area contributed by atoms with Crippen molar-refractivity contribution < 1.29 is 0 Å². The van der Waals surface area contributed by atoms with Gasteiger partial charge in [0.05, 0.1) is 6.07 Å². The maximum absolute atomic E-state index is 8.98. The largest absolute Gasteiger partial charge is 0.306 e. The van der Waals surface area contributed by atoms with Crippen molar-refractivity contribution in [1.29, 1.82) is 5.26 Å². The predicted octanol–water partition coefficient (Wildman–Crippen LogP) is 1.61. The molecule has 1 saturated carbocycles. The van der Waals surface area contributed by atoms with Crippen LogP contribution in [0, 0.1) is 17.2 Å². The second kappa shape index (κ2) is 5.48. The van der Waals surface area contributed by atoms with Gasteiger partial charge < -0.3 is 10.2 Å². The number of rotatable bonds is 7. The van der Waals surface area contributed by atoms with Gasteiger partial charge in [-0.05, 0) is 59.2 Å². The molecule has 0 radical (unpaired) electrons. The average Bonchev–Trinajstić information content (AvgIpc) is 3.01. The minimum absolute atomic E-state index is 0.347. The predicted molar refractivity (Wildman–Crippen MR) is 62.5 cm³/mol. The zero-order chi connectivity index (χ0) is 11.3. The van der Waals surface area contributed by atoms with E-state index in [0.717, 1.165) is 25.3 Å². The Morgan fingerprint density at radius 2 is 2.20 bits per heavy atom. The van der Waals surface area contributed by atoms with E-state index in [-0.39, 0.29) is 5.54 Å². The Bertz CT molecular complexity index is 230. The standard InChI is InChI=1S/C12H23N3/c1-12(10-13,14-2)7-4-8-15(3)9-11-5-6-11/h11,14H,4-9H2,1-3H3. The highest BCUT2D eigenvalue weighted by atomic mass is 15.1. The molecule has 0 heterocycles. The first-order chi connectivity index (χ1) is 7.09. The molecule has 0 saturated heterocycles. The summed E-state index contributed by atoms with van der Waals surface area (Å²) >= 11 is 0. The molecule has 1 atom stereocenters. The molecule has 0 aliphatic heterocycles. The molecule has 86 valence electrons. The molecule has 0 aromatic carbocycles. The number of nitriles is 1. The van der Waals surface area contributed by atoms with Crippen molar-refractivity contribution in [3.05, 3.63) is 0 Å². The maximum atomic E-state index is 8.98. The van der Waals surface area contributed by atoms with Gasteiger partial charge in [0.25, 0.3) is 0 Å². The Hall–Kier alpha value is -0.590. The van der Waals surface area contributed by atoms with Gasteiger partial charge in [0.15, 0.2) is 0 Å². The lowest BCUT2D eigenvalue weighted by Crippen LogP contribution is -2.38. The maximum Gasteiger partial charge on any atom is 0.103 e. The average molecular weight is 209 g/mol. The Morgan fingerprint density at radius 3 is 2.67 bits per heavy atom. The van der Waals surface area contributed by atoms with Gasteiger partial charge in [-0.2, -0.15) is 5.26 Å². The van der Waals surface area contributed by atoms with Gasteiger partial charge >= 0.3 is 0 Å². The summed E-state index contributed by atoms with van der Waals surface area (Å²) in [6.07, 6.45) is 4.84. The fraction of sp³-hybridized carbons (Fsp3) is 0.917. The zero-order valence-corrected chi connectivity index (χ0v) is 10.2. The van der Waals surface area contributed by atoms with Gasteiger partial charge in [0.2, 0.25) is 0 Å². The van der Waals surface area contributed by atoms with Crippen LogP contribution in [-0.2, 0) is 0 Å². The van der Waals surface area contributed by atoms with Crippen LogP contribution in [0.1, 0.15) is 32.6 Å². The smallest absolute Gasteiger partial charge is 0.103 e. The molecule has 0 amide bonds. The van der Waals surface area contributed by atoms with Crippen LogP contribution < -0.4 is 5.32 Å². The topological polar surface area (TPSA) is 39.1 Å². The highest BCUT2D eigenvalue weighted by Gasteiger charge is 2.23. The lowest BCUT2D eigenvalue weighted by Gasteiger charge is -2.22. The molecule has 0 spiro atoms. The van der Waals surface area contributed by atoms with Gasteiger partial charge in [0.1, 0.15) is 5.54 Å². The summed E-state index contributed by atoms with van der Waals surface area (Å²) in [5, 5.41) is 12.1. The molecular formula is C12H23N3. The molecule has 1 aliphatic carbocycles. The van der Waals surface area contributed by atoms with Crippen molar-refractivity contribution in [2.24, 2.45) is 5.92 Å². The zero-order valence-electron chi connectivity index (χ0n) is 10.2. The summed E-state index contributed by atoms with van der Waals surface area (Å²) < 4.78 is 0. The molecule has 3 nitrogen and oxygen atoms in total. The van der Waals surface area contributed by atoms with E-state index in [1.54, 1.807) is 0 Å². The molecule has 0 aromatic rings. The Labute approximate surface area is 93.5 Å². The van der Waals surface area contributed by atoms with Crippen LogP contribution >= 0.6 is 0 Å². The summed E-state index contributed by atoms with van der Waals surface area (Å²) in [7, 11) is 4.04. The van der Waals surface area contributed by atoms with Crippen LogP contribution in [0.2, 0.25) is 0 Å². The lowest BCUT2D eigenvalue weighted by atomic mass is 9.98. The molecule has 1 rings (SSSR count). The molecule has 1 aliphatic rings. The summed E-state index contributed by atoms with van der Waals surface area (Å²) in [5.41, 5.74) is -0.347. The Balaban J connectivity index is 2.11. The van der Waals surface area contributed by atoms with Crippen molar-refractivity contribution in [2.45, 2.75) is 38.1 Å². The molecule has 15 heavy (non-hydrogen) atoms. The van der Waals surface area contributed by atoms with Gasteiger partial charge in [-0.1, -0.05) is 0 Å². The molecule has 0 bridgehead atoms. The number of nitrogens with one attached hydrogen (secondary N) is 1. The van der Waals surface area contributed by atoms with E-state index in [2.05, 4.69) is 23.3 Å². The van der Waals surface area contributed by atoms with Gasteiger partial charge in [-0.15, -0.1) is 0 Å². The second-order valence-corrected chi connectivity index (χ2v) is 5.00. The molecular weight excluding hydrogens is 186 g/mol. The molecule has 0 aromatic heterocycles. The van der Waals surface area contributed by atoms with Crippen LogP contribution in [0.15, 0.2) is 0 Å². The van der Waals surface area contributed by atoms with Crippen LogP contribution in [-0.4, -0.2) is 37.6 Å². The van der Waals surface area contributed by atoms with E-state index in [9.17, 15) is 0 Å².